The first-order valence-corrected chi connectivity index (χ1v) is 8.71. The molecule has 1 atom stereocenters. The smallest absolute Gasteiger partial charge is 0.257 e. The zero-order chi connectivity index (χ0) is 18.1. The highest BCUT2D eigenvalue weighted by molar-refractivity contribution is 6.04. The van der Waals surface area contributed by atoms with Crippen LogP contribution in [0, 0.1) is 6.92 Å². The van der Waals surface area contributed by atoms with Crippen LogP contribution < -0.4 is 10.2 Å². The van der Waals surface area contributed by atoms with Crippen molar-refractivity contribution in [2.45, 2.75) is 26.3 Å². The topological polar surface area (TPSA) is 58.1 Å². The molecule has 1 aliphatic rings. The van der Waals surface area contributed by atoms with E-state index in [0.717, 1.165) is 17.8 Å². The summed E-state index contributed by atoms with van der Waals surface area (Å²) in [6.07, 6.45) is 0.990. The van der Waals surface area contributed by atoms with E-state index in [2.05, 4.69) is 45.5 Å². The average Bonchev–Trinajstić information content (AvgIpc) is 2.98. The van der Waals surface area contributed by atoms with Crippen molar-refractivity contribution in [2.24, 2.45) is 0 Å². The maximum atomic E-state index is 12.4. The molecule has 0 saturated heterocycles. The number of benzene rings is 2. The number of nitrogens with zero attached hydrogens (tertiary/aromatic N) is 3. The highest BCUT2D eigenvalue weighted by Gasteiger charge is 2.27. The van der Waals surface area contributed by atoms with Crippen molar-refractivity contribution in [1.82, 2.24) is 10.2 Å². The first-order chi connectivity index (χ1) is 12.6. The van der Waals surface area contributed by atoms with E-state index in [1.807, 2.05) is 37.3 Å². The van der Waals surface area contributed by atoms with Crippen LogP contribution in [0.5, 0.6) is 0 Å². The average molecular weight is 344 g/mol. The van der Waals surface area contributed by atoms with Crippen molar-refractivity contribution in [2.75, 3.05) is 10.2 Å². The second-order valence-corrected chi connectivity index (χ2v) is 6.60. The van der Waals surface area contributed by atoms with Gasteiger partial charge in [0.25, 0.3) is 5.91 Å². The largest absolute Gasteiger partial charge is 0.321 e. The number of aryl methyl sites for hydroxylation is 1. The molecule has 0 spiro atoms. The van der Waals surface area contributed by atoms with E-state index in [1.165, 1.54) is 11.3 Å². The van der Waals surface area contributed by atoms with Crippen LogP contribution >= 0.6 is 0 Å². The number of fused-ring (bicyclic) bond motifs is 1. The molecule has 2 aromatic carbocycles. The number of hydrogen-bond donors (Lipinski definition) is 1. The van der Waals surface area contributed by atoms with E-state index in [9.17, 15) is 4.79 Å². The Kier molecular flexibility index (Phi) is 4.13. The van der Waals surface area contributed by atoms with Gasteiger partial charge in [-0.05, 0) is 55.7 Å². The second kappa shape index (κ2) is 6.59. The third-order valence-corrected chi connectivity index (χ3v) is 4.74. The number of amides is 1. The van der Waals surface area contributed by atoms with Gasteiger partial charge in [0.2, 0.25) is 0 Å². The number of anilines is 3. The summed E-state index contributed by atoms with van der Waals surface area (Å²) in [6.45, 7) is 4.09. The Balaban J connectivity index is 1.54. The molecule has 3 aromatic rings. The van der Waals surface area contributed by atoms with Crippen LogP contribution in [0.25, 0.3) is 0 Å². The maximum absolute atomic E-state index is 12.4. The third-order valence-electron chi connectivity index (χ3n) is 4.74. The van der Waals surface area contributed by atoms with Crippen molar-refractivity contribution in [3.05, 3.63) is 77.4 Å². The van der Waals surface area contributed by atoms with E-state index in [0.29, 0.717) is 17.4 Å². The van der Waals surface area contributed by atoms with Gasteiger partial charge < -0.3 is 10.2 Å². The fourth-order valence-electron chi connectivity index (χ4n) is 3.45. The van der Waals surface area contributed by atoms with Crippen LogP contribution in [-0.2, 0) is 6.42 Å². The van der Waals surface area contributed by atoms with Gasteiger partial charge in [-0.15, -0.1) is 10.2 Å². The molecule has 0 bridgehead atoms. The van der Waals surface area contributed by atoms with Crippen molar-refractivity contribution >= 4 is 23.2 Å². The van der Waals surface area contributed by atoms with Crippen LogP contribution in [0.4, 0.5) is 17.3 Å². The third kappa shape index (κ3) is 2.92. The molecular weight excluding hydrogens is 324 g/mol. The monoisotopic (exact) mass is 344 g/mol. The van der Waals surface area contributed by atoms with Gasteiger partial charge in [-0.2, -0.15) is 0 Å². The number of nitrogens with one attached hydrogen (secondary N) is 1. The molecule has 1 amide bonds. The zero-order valence-corrected chi connectivity index (χ0v) is 14.8. The molecule has 0 fully saturated rings. The minimum atomic E-state index is -0.176. The molecule has 0 saturated carbocycles. The molecule has 4 rings (SSSR count). The number of carbonyl (C=O) groups is 1. The highest BCUT2D eigenvalue weighted by atomic mass is 16.1. The summed E-state index contributed by atoms with van der Waals surface area (Å²) in [5, 5.41) is 11.4. The van der Waals surface area contributed by atoms with E-state index >= 15 is 0 Å². The van der Waals surface area contributed by atoms with Gasteiger partial charge in [0.1, 0.15) is 0 Å². The predicted octanol–water partition coefficient (Wildman–Crippen LogP) is 4.12. The number of para-hydroxylation sites is 1. The summed E-state index contributed by atoms with van der Waals surface area (Å²) in [5.41, 5.74) is 4.06. The van der Waals surface area contributed by atoms with Gasteiger partial charge in [-0.25, -0.2) is 0 Å². The van der Waals surface area contributed by atoms with E-state index < -0.39 is 0 Å². The molecule has 1 N–H and O–H groups in total. The molecule has 5 heteroatoms. The summed E-state index contributed by atoms with van der Waals surface area (Å²) in [4.78, 5) is 14.6. The fraction of sp³-hybridized carbons (Fsp3) is 0.190. The lowest BCUT2D eigenvalue weighted by Gasteiger charge is -2.23. The Hall–Kier alpha value is -3.21. The van der Waals surface area contributed by atoms with Crippen LogP contribution in [0.15, 0.2) is 60.7 Å². The zero-order valence-electron chi connectivity index (χ0n) is 14.8. The predicted molar refractivity (Wildman–Crippen MR) is 103 cm³/mol. The molecule has 1 aliphatic heterocycles. The minimum absolute atomic E-state index is 0.176. The number of rotatable bonds is 3. The standard InChI is InChI=1S/C21H20N4O/c1-14-7-3-5-9-17(14)21(26)22-19-11-12-20(24-23-19)25-15(2)13-16-8-4-6-10-18(16)25/h3-12,15H,13H2,1-2H3,(H,22,23,26). The van der Waals surface area contributed by atoms with Crippen LogP contribution in [0.2, 0.25) is 0 Å². The van der Waals surface area contributed by atoms with Crippen molar-refractivity contribution in [3.63, 3.8) is 0 Å². The fourth-order valence-corrected chi connectivity index (χ4v) is 3.45. The molecule has 26 heavy (non-hydrogen) atoms. The number of hydrogen-bond acceptors (Lipinski definition) is 4. The van der Waals surface area contributed by atoms with Crippen molar-refractivity contribution in [1.29, 1.82) is 0 Å². The van der Waals surface area contributed by atoms with Crippen molar-refractivity contribution < 1.29 is 4.79 Å². The molecule has 1 aromatic heterocycles. The molecule has 1 unspecified atom stereocenters. The normalized spacial score (nSPS) is 15.6. The molecular formula is C21H20N4O. The molecule has 0 radical (unpaired) electrons. The molecule has 2 heterocycles. The van der Waals surface area contributed by atoms with Crippen LogP contribution in [0.3, 0.4) is 0 Å². The van der Waals surface area contributed by atoms with Gasteiger partial charge in [-0.1, -0.05) is 36.4 Å². The van der Waals surface area contributed by atoms with E-state index in [-0.39, 0.29) is 5.91 Å². The minimum Gasteiger partial charge on any atom is -0.321 e. The first-order valence-electron chi connectivity index (χ1n) is 8.71. The SMILES string of the molecule is Cc1ccccc1C(=O)Nc1ccc(N2c3ccccc3CC2C)nn1. The Bertz CT molecular complexity index is 952. The Morgan fingerprint density at radius 2 is 1.81 bits per heavy atom. The summed E-state index contributed by atoms with van der Waals surface area (Å²) < 4.78 is 0. The molecule has 5 nitrogen and oxygen atoms in total. The lowest BCUT2D eigenvalue weighted by molar-refractivity contribution is 0.102. The quantitative estimate of drug-likeness (QED) is 0.776. The lowest BCUT2D eigenvalue weighted by atomic mass is 10.1. The van der Waals surface area contributed by atoms with Crippen molar-refractivity contribution in [3.8, 4) is 0 Å². The summed E-state index contributed by atoms with van der Waals surface area (Å²) in [7, 11) is 0. The Morgan fingerprint density at radius 1 is 1.04 bits per heavy atom. The van der Waals surface area contributed by atoms with Crippen LogP contribution in [0.1, 0.15) is 28.4 Å². The highest BCUT2D eigenvalue weighted by Crippen LogP contribution is 2.36. The van der Waals surface area contributed by atoms with E-state index in [1.54, 1.807) is 12.1 Å². The van der Waals surface area contributed by atoms with Gasteiger partial charge in [0, 0.05) is 17.3 Å². The summed E-state index contributed by atoms with van der Waals surface area (Å²) >= 11 is 0. The first kappa shape index (κ1) is 16.3. The van der Waals surface area contributed by atoms with Gasteiger partial charge in [-0.3, -0.25) is 4.79 Å². The lowest BCUT2D eigenvalue weighted by Crippen LogP contribution is -2.25. The second-order valence-electron chi connectivity index (χ2n) is 6.60. The van der Waals surface area contributed by atoms with Crippen LogP contribution in [-0.4, -0.2) is 22.1 Å². The Morgan fingerprint density at radius 3 is 2.58 bits per heavy atom. The maximum Gasteiger partial charge on any atom is 0.257 e. The van der Waals surface area contributed by atoms with Gasteiger partial charge >= 0.3 is 0 Å². The van der Waals surface area contributed by atoms with Gasteiger partial charge in [0.15, 0.2) is 11.6 Å². The summed E-state index contributed by atoms with van der Waals surface area (Å²) in [5.74, 6) is 1.06. The van der Waals surface area contributed by atoms with E-state index in [4.69, 9.17) is 0 Å². The number of aromatic nitrogens is 2. The molecule has 0 aliphatic carbocycles. The van der Waals surface area contributed by atoms with Gasteiger partial charge in [0.05, 0.1) is 0 Å². The molecule has 130 valence electrons. The Labute approximate surface area is 152 Å². The summed E-state index contributed by atoms with van der Waals surface area (Å²) in [6, 6.07) is 19.9. The number of carbonyl (C=O) groups excluding carboxylic acids is 1.